The highest BCUT2D eigenvalue weighted by atomic mass is 19.1. The fourth-order valence-electron chi connectivity index (χ4n) is 4.75. The van der Waals surface area contributed by atoms with Crippen LogP contribution >= 0.6 is 0 Å². The van der Waals surface area contributed by atoms with Crippen molar-refractivity contribution < 1.29 is 18.7 Å². The monoisotopic (exact) mass is 424 g/mol. The summed E-state index contributed by atoms with van der Waals surface area (Å²) in [5.41, 5.74) is 0.833. The van der Waals surface area contributed by atoms with Gasteiger partial charge >= 0.3 is 0 Å². The van der Waals surface area contributed by atoms with Gasteiger partial charge in [-0.15, -0.1) is 0 Å². The van der Waals surface area contributed by atoms with E-state index in [1.807, 2.05) is 40.1 Å². The summed E-state index contributed by atoms with van der Waals surface area (Å²) >= 11 is 0. The number of piperidine rings is 2. The van der Waals surface area contributed by atoms with Crippen LogP contribution in [-0.4, -0.2) is 53.9 Å². The van der Waals surface area contributed by atoms with Crippen molar-refractivity contribution in [3.63, 3.8) is 0 Å². The predicted octanol–water partition coefficient (Wildman–Crippen LogP) is 3.68. The number of carbonyl (C=O) groups is 2. The van der Waals surface area contributed by atoms with Crippen LogP contribution in [0.5, 0.6) is 5.75 Å². The first kappa shape index (κ1) is 21.3. The van der Waals surface area contributed by atoms with Crippen molar-refractivity contribution in [2.45, 2.75) is 38.1 Å². The standard InChI is InChI=1S/C25H29FN2O3/c26-21-10-8-19(9-11-21)17-25(30)28-14-4-5-20-18-27(15-12-23(20)28)24(29)13-16-31-22-6-2-1-3-7-22/h1-3,6-11,20,23H,4-5,12-18H2/t20-,23+/m1/s1. The number of benzene rings is 2. The van der Waals surface area contributed by atoms with E-state index >= 15 is 0 Å². The van der Waals surface area contributed by atoms with Crippen LogP contribution in [0, 0.1) is 11.7 Å². The van der Waals surface area contributed by atoms with Gasteiger partial charge in [0.2, 0.25) is 11.8 Å². The average molecular weight is 425 g/mol. The molecule has 0 aromatic heterocycles. The molecule has 5 nitrogen and oxygen atoms in total. The minimum Gasteiger partial charge on any atom is -0.493 e. The van der Waals surface area contributed by atoms with Crippen molar-refractivity contribution in [1.82, 2.24) is 9.80 Å². The number of para-hydroxylation sites is 1. The molecule has 0 aliphatic carbocycles. The lowest BCUT2D eigenvalue weighted by Gasteiger charge is -2.47. The summed E-state index contributed by atoms with van der Waals surface area (Å²) in [4.78, 5) is 29.5. The van der Waals surface area contributed by atoms with Gasteiger partial charge in [0.1, 0.15) is 11.6 Å². The van der Waals surface area contributed by atoms with Crippen LogP contribution in [0.25, 0.3) is 0 Å². The minimum atomic E-state index is -0.291. The third-order valence-electron chi connectivity index (χ3n) is 6.34. The molecule has 0 bridgehead atoms. The van der Waals surface area contributed by atoms with Crippen molar-refractivity contribution >= 4 is 11.8 Å². The molecule has 0 radical (unpaired) electrons. The smallest absolute Gasteiger partial charge is 0.227 e. The zero-order valence-electron chi connectivity index (χ0n) is 17.7. The summed E-state index contributed by atoms with van der Waals surface area (Å²) in [5, 5.41) is 0. The number of hydrogen-bond acceptors (Lipinski definition) is 3. The largest absolute Gasteiger partial charge is 0.493 e. The van der Waals surface area contributed by atoms with Gasteiger partial charge in [0.15, 0.2) is 0 Å². The van der Waals surface area contributed by atoms with Gasteiger partial charge in [0.25, 0.3) is 0 Å². The number of nitrogens with zero attached hydrogens (tertiary/aromatic N) is 2. The van der Waals surface area contributed by atoms with Crippen LogP contribution in [0.15, 0.2) is 54.6 Å². The molecule has 2 aromatic rings. The first-order valence-corrected chi connectivity index (χ1v) is 11.1. The van der Waals surface area contributed by atoms with Crippen molar-refractivity contribution in [1.29, 1.82) is 0 Å². The lowest BCUT2D eigenvalue weighted by Crippen LogP contribution is -2.57. The number of halogens is 1. The number of rotatable bonds is 6. The number of fused-ring (bicyclic) bond motifs is 1. The Hall–Kier alpha value is -2.89. The molecule has 2 heterocycles. The molecule has 2 saturated heterocycles. The van der Waals surface area contributed by atoms with Gasteiger partial charge in [-0.25, -0.2) is 4.39 Å². The van der Waals surface area contributed by atoms with E-state index in [2.05, 4.69) is 0 Å². The molecule has 0 unspecified atom stereocenters. The fraction of sp³-hybridized carbons (Fsp3) is 0.440. The third kappa shape index (κ3) is 5.43. The molecule has 2 aliphatic rings. The molecular weight excluding hydrogens is 395 g/mol. The lowest BCUT2D eigenvalue weighted by molar-refractivity contribution is -0.141. The van der Waals surface area contributed by atoms with Crippen LogP contribution in [-0.2, 0) is 16.0 Å². The highest BCUT2D eigenvalue weighted by Crippen LogP contribution is 2.31. The zero-order chi connectivity index (χ0) is 21.6. The molecule has 2 aliphatic heterocycles. The minimum absolute atomic E-state index is 0.0948. The Morgan fingerprint density at radius 3 is 2.52 bits per heavy atom. The topological polar surface area (TPSA) is 49.9 Å². The van der Waals surface area contributed by atoms with Crippen LogP contribution in [0.2, 0.25) is 0 Å². The second kappa shape index (κ2) is 9.94. The van der Waals surface area contributed by atoms with Gasteiger partial charge in [-0.1, -0.05) is 30.3 Å². The molecule has 31 heavy (non-hydrogen) atoms. The summed E-state index contributed by atoms with van der Waals surface area (Å²) in [5.74, 6) is 1.01. The van der Waals surface area contributed by atoms with E-state index in [0.29, 0.717) is 38.5 Å². The number of carbonyl (C=O) groups excluding carboxylic acids is 2. The fourth-order valence-corrected chi connectivity index (χ4v) is 4.75. The SMILES string of the molecule is O=C(CCOc1ccccc1)N1CC[C@H]2[C@H](CCCN2C(=O)Cc2ccc(F)cc2)C1. The Bertz CT molecular complexity index is 887. The quantitative estimate of drug-likeness (QED) is 0.711. The average Bonchev–Trinajstić information content (AvgIpc) is 2.80. The molecule has 2 amide bonds. The molecule has 0 N–H and O–H groups in total. The van der Waals surface area contributed by atoms with Gasteiger partial charge in [0, 0.05) is 25.7 Å². The molecule has 2 fully saturated rings. The molecule has 6 heteroatoms. The maximum absolute atomic E-state index is 13.1. The first-order chi connectivity index (χ1) is 15.1. The highest BCUT2D eigenvalue weighted by Gasteiger charge is 2.38. The second-order valence-corrected chi connectivity index (χ2v) is 8.40. The molecule has 2 aromatic carbocycles. The number of ether oxygens (including phenoxy) is 1. The van der Waals surface area contributed by atoms with E-state index in [1.165, 1.54) is 12.1 Å². The van der Waals surface area contributed by atoms with E-state index in [0.717, 1.165) is 37.1 Å². The van der Waals surface area contributed by atoms with E-state index in [-0.39, 0.29) is 23.7 Å². The van der Waals surface area contributed by atoms with Crippen molar-refractivity contribution in [2.24, 2.45) is 5.92 Å². The van der Waals surface area contributed by atoms with Gasteiger partial charge in [-0.3, -0.25) is 9.59 Å². The molecule has 0 saturated carbocycles. The predicted molar refractivity (Wildman–Crippen MR) is 116 cm³/mol. The van der Waals surface area contributed by atoms with Crippen molar-refractivity contribution in [3.8, 4) is 5.75 Å². The van der Waals surface area contributed by atoms with Crippen molar-refractivity contribution in [3.05, 3.63) is 66.0 Å². The third-order valence-corrected chi connectivity index (χ3v) is 6.34. The molecule has 0 spiro atoms. The van der Waals surface area contributed by atoms with Crippen molar-refractivity contribution in [2.75, 3.05) is 26.2 Å². The highest BCUT2D eigenvalue weighted by molar-refractivity contribution is 5.79. The van der Waals surface area contributed by atoms with E-state index < -0.39 is 0 Å². The van der Waals surface area contributed by atoms with E-state index in [9.17, 15) is 14.0 Å². The van der Waals surface area contributed by atoms with Crippen LogP contribution in [0.4, 0.5) is 4.39 Å². The van der Waals surface area contributed by atoms with Gasteiger partial charge in [-0.2, -0.15) is 0 Å². The van der Waals surface area contributed by atoms with Crippen LogP contribution < -0.4 is 4.74 Å². The summed E-state index contributed by atoms with van der Waals surface area (Å²) in [6.45, 7) is 2.51. The molecule has 2 atom stereocenters. The van der Waals surface area contributed by atoms with E-state index in [1.54, 1.807) is 12.1 Å². The Labute approximate surface area is 182 Å². The summed E-state index contributed by atoms with van der Waals surface area (Å²) < 4.78 is 18.8. The first-order valence-electron chi connectivity index (χ1n) is 11.1. The van der Waals surface area contributed by atoms with Crippen LogP contribution in [0.3, 0.4) is 0 Å². The molecular formula is C25H29FN2O3. The zero-order valence-corrected chi connectivity index (χ0v) is 17.7. The number of amides is 2. The Balaban J connectivity index is 1.28. The second-order valence-electron chi connectivity index (χ2n) is 8.40. The lowest BCUT2D eigenvalue weighted by atomic mass is 9.83. The normalized spacial score (nSPS) is 20.8. The number of hydrogen-bond donors (Lipinski definition) is 0. The summed E-state index contributed by atoms with van der Waals surface area (Å²) in [6.07, 6.45) is 3.46. The Morgan fingerprint density at radius 2 is 1.74 bits per heavy atom. The molecule has 4 rings (SSSR count). The van der Waals surface area contributed by atoms with Gasteiger partial charge in [-0.05, 0) is 55.0 Å². The van der Waals surface area contributed by atoms with Gasteiger partial charge < -0.3 is 14.5 Å². The summed E-state index contributed by atoms with van der Waals surface area (Å²) in [7, 11) is 0. The number of likely N-dealkylation sites (tertiary alicyclic amines) is 2. The maximum atomic E-state index is 13.1. The summed E-state index contributed by atoms with van der Waals surface area (Å²) in [6, 6.07) is 15.8. The molecule has 164 valence electrons. The van der Waals surface area contributed by atoms with Gasteiger partial charge in [0.05, 0.1) is 19.4 Å². The van der Waals surface area contributed by atoms with E-state index in [4.69, 9.17) is 4.74 Å². The Kier molecular flexibility index (Phi) is 6.85. The maximum Gasteiger partial charge on any atom is 0.227 e. The van der Waals surface area contributed by atoms with Crippen LogP contribution in [0.1, 0.15) is 31.2 Å². The Morgan fingerprint density at radius 1 is 0.968 bits per heavy atom.